The molecule has 2 aromatic carbocycles. The Morgan fingerprint density at radius 1 is 1.21 bits per heavy atom. The minimum Gasteiger partial charge on any atom is -0.496 e. The molecule has 0 radical (unpaired) electrons. The van der Waals surface area contributed by atoms with Gasteiger partial charge >= 0.3 is 5.97 Å². The van der Waals surface area contributed by atoms with Gasteiger partial charge in [0, 0.05) is 0 Å². The van der Waals surface area contributed by atoms with Crippen LogP contribution in [0, 0.1) is 13.8 Å². The third-order valence-electron chi connectivity index (χ3n) is 3.68. The summed E-state index contributed by atoms with van der Waals surface area (Å²) >= 11 is 0. The molecule has 0 aromatic heterocycles. The largest absolute Gasteiger partial charge is 0.496 e. The fourth-order valence-corrected chi connectivity index (χ4v) is 2.36. The summed E-state index contributed by atoms with van der Waals surface area (Å²) in [5.41, 5.74) is 2.99. The Labute approximate surface area is 112 Å². The molecule has 3 heteroatoms. The number of hydrogen-bond acceptors (Lipinski definition) is 2. The molecule has 0 heterocycles. The first-order valence-electron chi connectivity index (χ1n) is 6.26. The summed E-state index contributed by atoms with van der Waals surface area (Å²) in [4.78, 5) is 11.1. The van der Waals surface area contributed by atoms with Gasteiger partial charge in [0.1, 0.15) is 5.75 Å². The molecule has 0 saturated carbocycles. The van der Waals surface area contributed by atoms with Crippen molar-refractivity contribution in [2.24, 2.45) is 0 Å². The van der Waals surface area contributed by atoms with Crippen LogP contribution in [0.15, 0.2) is 24.3 Å². The van der Waals surface area contributed by atoms with Gasteiger partial charge in [-0.2, -0.15) is 0 Å². The van der Waals surface area contributed by atoms with Crippen LogP contribution in [-0.4, -0.2) is 18.2 Å². The molecule has 0 fully saturated rings. The summed E-state index contributed by atoms with van der Waals surface area (Å²) in [5.74, 6) is -0.475. The summed E-state index contributed by atoms with van der Waals surface area (Å²) in [5, 5.41) is 11.3. The van der Waals surface area contributed by atoms with E-state index >= 15 is 0 Å². The Balaban J connectivity index is 2.70. The summed E-state index contributed by atoms with van der Waals surface area (Å²) in [6.45, 7) is 5.73. The number of carboxylic acids is 1. The van der Waals surface area contributed by atoms with Gasteiger partial charge in [0.05, 0.1) is 13.0 Å². The van der Waals surface area contributed by atoms with E-state index < -0.39 is 11.9 Å². The molecule has 0 saturated heterocycles. The van der Waals surface area contributed by atoms with Crippen LogP contribution in [0.3, 0.4) is 0 Å². The fourth-order valence-electron chi connectivity index (χ4n) is 2.36. The van der Waals surface area contributed by atoms with Gasteiger partial charge in [-0.05, 0) is 60.4 Å². The number of hydrogen-bond donors (Lipinski definition) is 1. The van der Waals surface area contributed by atoms with Crippen LogP contribution in [-0.2, 0) is 4.79 Å². The zero-order valence-corrected chi connectivity index (χ0v) is 11.7. The second kappa shape index (κ2) is 4.92. The van der Waals surface area contributed by atoms with Gasteiger partial charge in [-0.3, -0.25) is 4.79 Å². The second-order valence-corrected chi connectivity index (χ2v) is 4.89. The van der Waals surface area contributed by atoms with Gasteiger partial charge in [0.2, 0.25) is 0 Å². The molecule has 0 aliphatic heterocycles. The molecule has 0 amide bonds. The topological polar surface area (TPSA) is 46.5 Å². The van der Waals surface area contributed by atoms with E-state index in [0.29, 0.717) is 0 Å². The van der Waals surface area contributed by atoms with Crippen molar-refractivity contribution in [2.45, 2.75) is 26.7 Å². The molecule has 19 heavy (non-hydrogen) atoms. The molecule has 2 rings (SSSR count). The molecule has 0 bridgehead atoms. The first-order chi connectivity index (χ1) is 8.95. The van der Waals surface area contributed by atoms with Crippen molar-refractivity contribution in [3.05, 3.63) is 41.0 Å². The Morgan fingerprint density at radius 3 is 2.47 bits per heavy atom. The predicted molar refractivity (Wildman–Crippen MR) is 76.0 cm³/mol. The number of methoxy groups -OCH3 is 1. The number of carbonyl (C=O) groups is 1. The first kappa shape index (κ1) is 13.4. The molecule has 1 atom stereocenters. The minimum absolute atomic E-state index is 0.504. The minimum atomic E-state index is -0.809. The van der Waals surface area contributed by atoms with Crippen molar-refractivity contribution in [3.63, 3.8) is 0 Å². The van der Waals surface area contributed by atoms with Gasteiger partial charge in [-0.15, -0.1) is 0 Å². The van der Waals surface area contributed by atoms with Crippen molar-refractivity contribution < 1.29 is 14.6 Å². The SMILES string of the molecule is COc1cc(C)c2ccc([C@@H](C)C(=O)O)cc2c1C. The molecule has 100 valence electrons. The molecule has 1 N–H and O–H groups in total. The summed E-state index contributed by atoms with van der Waals surface area (Å²) in [7, 11) is 1.65. The summed E-state index contributed by atoms with van der Waals surface area (Å²) in [6, 6.07) is 7.85. The lowest BCUT2D eigenvalue weighted by atomic mass is 9.93. The van der Waals surface area contributed by atoms with Crippen molar-refractivity contribution in [1.82, 2.24) is 0 Å². The van der Waals surface area contributed by atoms with E-state index in [2.05, 4.69) is 0 Å². The molecule has 0 spiro atoms. The first-order valence-corrected chi connectivity index (χ1v) is 6.26. The van der Waals surface area contributed by atoms with E-state index in [9.17, 15) is 4.79 Å². The smallest absolute Gasteiger partial charge is 0.310 e. The quantitative estimate of drug-likeness (QED) is 0.914. The Hall–Kier alpha value is -2.03. The highest BCUT2D eigenvalue weighted by Crippen LogP contribution is 2.32. The Kier molecular flexibility index (Phi) is 3.47. The van der Waals surface area contributed by atoms with E-state index in [0.717, 1.165) is 33.2 Å². The summed E-state index contributed by atoms with van der Waals surface area (Å²) < 4.78 is 5.37. The van der Waals surface area contributed by atoms with Crippen molar-refractivity contribution >= 4 is 16.7 Å². The molecule has 2 aromatic rings. The maximum atomic E-state index is 11.1. The molecular formula is C16H18O3. The second-order valence-electron chi connectivity index (χ2n) is 4.89. The van der Waals surface area contributed by atoms with Gasteiger partial charge in [-0.1, -0.05) is 12.1 Å². The lowest BCUT2D eigenvalue weighted by molar-refractivity contribution is -0.138. The fraction of sp³-hybridized carbons (Fsp3) is 0.312. The Morgan fingerprint density at radius 2 is 1.89 bits per heavy atom. The third kappa shape index (κ3) is 2.28. The van der Waals surface area contributed by atoms with Crippen molar-refractivity contribution in [3.8, 4) is 5.75 Å². The number of aryl methyl sites for hydroxylation is 2. The van der Waals surface area contributed by atoms with Crippen LogP contribution >= 0.6 is 0 Å². The number of fused-ring (bicyclic) bond motifs is 1. The number of rotatable bonds is 3. The van der Waals surface area contributed by atoms with Crippen molar-refractivity contribution in [2.75, 3.05) is 7.11 Å². The van der Waals surface area contributed by atoms with Crippen LogP contribution in [0.1, 0.15) is 29.5 Å². The van der Waals surface area contributed by atoms with Crippen LogP contribution in [0.5, 0.6) is 5.75 Å². The average molecular weight is 258 g/mol. The standard InChI is InChI=1S/C16H18O3/c1-9-7-15(19-4)11(3)14-8-12(5-6-13(9)14)10(2)16(17)18/h5-8,10H,1-4H3,(H,17,18)/t10-/m1/s1. The van der Waals surface area contributed by atoms with Gasteiger partial charge < -0.3 is 9.84 Å². The average Bonchev–Trinajstić information content (AvgIpc) is 2.41. The third-order valence-corrected chi connectivity index (χ3v) is 3.68. The lowest BCUT2D eigenvalue weighted by Gasteiger charge is -2.14. The zero-order chi connectivity index (χ0) is 14.2. The highest BCUT2D eigenvalue weighted by Gasteiger charge is 2.15. The number of carboxylic acid groups (broad SMARTS) is 1. The van der Waals surface area contributed by atoms with Gasteiger partial charge in [0.25, 0.3) is 0 Å². The highest BCUT2D eigenvalue weighted by atomic mass is 16.5. The Bertz CT molecular complexity index is 644. The van der Waals surface area contributed by atoms with Crippen LogP contribution in [0.4, 0.5) is 0 Å². The maximum Gasteiger partial charge on any atom is 0.310 e. The lowest BCUT2D eigenvalue weighted by Crippen LogP contribution is -2.07. The van der Waals surface area contributed by atoms with Crippen LogP contribution in [0.25, 0.3) is 10.8 Å². The maximum absolute atomic E-state index is 11.1. The van der Waals surface area contributed by atoms with Crippen molar-refractivity contribution in [1.29, 1.82) is 0 Å². The van der Waals surface area contributed by atoms with E-state index in [1.165, 1.54) is 0 Å². The normalized spacial score (nSPS) is 12.4. The highest BCUT2D eigenvalue weighted by molar-refractivity contribution is 5.92. The van der Waals surface area contributed by atoms with Crippen LogP contribution < -0.4 is 4.74 Å². The molecule has 0 aliphatic rings. The summed E-state index contributed by atoms with van der Waals surface area (Å²) in [6.07, 6.45) is 0. The van der Waals surface area contributed by atoms with E-state index in [4.69, 9.17) is 9.84 Å². The predicted octanol–water partition coefficient (Wildman–Crippen LogP) is 3.65. The molecular weight excluding hydrogens is 240 g/mol. The molecule has 3 nitrogen and oxygen atoms in total. The van der Waals surface area contributed by atoms with Crippen LogP contribution in [0.2, 0.25) is 0 Å². The van der Waals surface area contributed by atoms with Gasteiger partial charge in [-0.25, -0.2) is 0 Å². The monoisotopic (exact) mass is 258 g/mol. The van der Waals surface area contributed by atoms with E-state index in [-0.39, 0.29) is 0 Å². The van der Waals surface area contributed by atoms with Gasteiger partial charge in [0.15, 0.2) is 0 Å². The van der Waals surface area contributed by atoms with E-state index in [1.807, 2.05) is 38.1 Å². The number of ether oxygens (including phenoxy) is 1. The van der Waals surface area contributed by atoms with E-state index in [1.54, 1.807) is 14.0 Å². The molecule has 0 aliphatic carbocycles. The number of aliphatic carboxylic acids is 1. The molecule has 0 unspecified atom stereocenters. The zero-order valence-electron chi connectivity index (χ0n) is 11.7. The number of benzene rings is 2.